The monoisotopic (exact) mass is 256 g/mol. The molecule has 72 valence electrons. The minimum Gasteiger partial charge on any atom is -0.207 e. The number of rotatable bonds is 2. The zero-order valence-corrected chi connectivity index (χ0v) is 9.77. The summed E-state index contributed by atoms with van der Waals surface area (Å²) in [6, 6.07) is 4.40. The van der Waals surface area contributed by atoms with E-state index in [4.69, 9.17) is 22.3 Å². The second-order valence-electron chi connectivity index (χ2n) is 2.23. The number of halogens is 2. The quantitative estimate of drug-likeness (QED) is 0.603. The molecule has 0 saturated carbocycles. The van der Waals surface area contributed by atoms with Gasteiger partial charge in [-0.2, -0.15) is 0 Å². The molecule has 0 N–H and O–H groups in total. The highest BCUT2D eigenvalue weighted by molar-refractivity contribution is 8.13. The van der Waals surface area contributed by atoms with Gasteiger partial charge in [0.15, 0.2) is 0 Å². The first-order valence-electron chi connectivity index (χ1n) is 3.23. The Balaban J connectivity index is 3.26. The molecule has 0 bridgehead atoms. The summed E-state index contributed by atoms with van der Waals surface area (Å²) in [5, 5.41) is 0.397. The summed E-state index contributed by atoms with van der Waals surface area (Å²) in [6.07, 6.45) is 1.86. The van der Waals surface area contributed by atoms with Crippen LogP contribution in [0.2, 0.25) is 5.02 Å². The van der Waals surface area contributed by atoms with Gasteiger partial charge < -0.3 is 0 Å². The van der Waals surface area contributed by atoms with E-state index in [1.807, 2.05) is 6.26 Å². The third-order valence-corrected chi connectivity index (χ3v) is 3.98. The zero-order valence-electron chi connectivity index (χ0n) is 6.62. The molecule has 2 nitrogen and oxygen atoms in total. The van der Waals surface area contributed by atoms with Crippen molar-refractivity contribution < 1.29 is 8.42 Å². The molecular weight excluding hydrogens is 251 g/mol. The van der Waals surface area contributed by atoms with Crippen LogP contribution in [0.3, 0.4) is 0 Å². The molecule has 0 aliphatic heterocycles. The molecule has 0 aliphatic carbocycles. The van der Waals surface area contributed by atoms with Gasteiger partial charge >= 0.3 is 0 Å². The van der Waals surface area contributed by atoms with E-state index in [-0.39, 0.29) is 4.90 Å². The Morgan fingerprint density at radius 3 is 2.38 bits per heavy atom. The summed E-state index contributed by atoms with van der Waals surface area (Å²) < 4.78 is 21.8. The lowest BCUT2D eigenvalue weighted by atomic mass is 10.4. The van der Waals surface area contributed by atoms with Gasteiger partial charge in [-0.1, -0.05) is 11.6 Å². The van der Waals surface area contributed by atoms with Gasteiger partial charge in [0.1, 0.15) is 0 Å². The summed E-state index contributed by atoms with van der Waals surface area (Å²) in [6.45, 7) is 0. The van der Waals surface area contributed by atoms with Gasteiger partial charge in [0.2, 0.25) is 0 Å². The van der Waals surface area contributed by atoms with Gasteiger partial charge in [-0.05, 0) is 24.5 Å². The maximum Gasteiger partial charge on any atom is 0.261 e. The van der Waals surface area contributed by atoms with Crippen molar-refractivity contribution >= 4 is 43.1 Å². The third-order valence-electron chi connectivity index (χ3n) is 1.40. The second-order valence-corrected chi connectivity index (χ2v) is 6.06. The van der Waals surface area contributed by atoms with Crippen LogP contribution in [0.4, 0.5) is 0 Å². The van der Waals surface area contributed by atoms with Crippen LogP contribution in [-0.4, -0.2) is 14.7 Å². The molecule has 0 aromatic heterocycles. The Morgan fingerprint density at radius 1 is 1.38 bits per heavy atom. The van der Waals surface area contributed by atoms with E-state index in [1.54, 1.807) is 6.07 Å². The summed E-state index contributed by atoms with van der Waals surface area (Å²) in [7, 11) is 1.46. The smallest absolute Gasteiger partial charge is 0.207 e. The number of hydrogen-bond donors (Lipinski definition) is 0. The van der Waals surface area contributed by atoms with Gasteiger partial charge in [-0.15, -0.1) is 11.8 Å². The lowest BCUT2D eigenvalue weighted by Crippen LogP contribution is -1.90. The van der Waals surface area contributed by atoms with Crippen LogP contribution in [0.15, 0.2) is 28.0 Å². The van der Waals surface area contributed by atoms with E-state index < -0.39 is 9.05 Å². The summed E-state index contributed by atoms with van der Waals surface area (Å²) in [5.74, 6) is 0. The molecule has 1 rings (SSSR count). The Hall–Kier alpha value is 0.1000. The van der Waals surface area contributed by atoms with E-state index in [9.17, 15) is 8.42 Å². The molecule has 0 unspecified atom stereocenters. The molecule has 0 amide bonds. The standard InChI is InChI=1S/C7H6Cl2O2S2/c1-12-7-3-2-5(4-6(7)8)13(9,10)11/h2-4H,1H3. The van der Waals surface area contributed by atoms with Crippen molar-refractivity contribution in [3.8, 4) is 0 Å². The molecule has 0 spiro atoms. The molecule has 0 fully saturated rings. The Kier molecular flexibility index (Phi) is 3.51. The molecule has 0 atom stereocenters. The fraction of sp³-hybridized carbons (Fsp3) is 0.143. The fourth-order valence-electron chi connectivity index (χ4n) is 0.799. The van der Waals surface area contributed by atoms with Crippen LogP contribution in [0, 0.1) is 0 Å². The maximum atomic E-state index is 10.9. The van der Waals surface area contributed by atoms with Gasteiger partial charge in [-0.25, -0.2) is 8.42 Å². The van der Waals surface area contributed by atoms with Crippen LogP contribution >= 0.6 is 34.0 Å². The largest absolute Gasteiger partial charge is 0.261 e. The number of hydrogen-bond acceptors (Lipinski definition) is 3. The highest BCUT2D eigenvalue weighted by Gasteiger charge is 2.11. The molecule has 0 radical (unpaired) electrons. The fourth-order valence-corrected chi connectivity index (χ4v) is 2.51. The van der Waals surface area contributed by atoms with Crippen molar-refractivity contribution in [3.05, 3.63) is 23.2 Å². The molecule has 0 aliphatic rings. The van der Waals surface area contributed by atoms with E-state index in [0.717, 1.165) is 4.90 Å². The molecule has 1 aromatic carbocycles. The summed E-state index contributed by atoms with van der Waals surface area (Å²) >= 11 is 7.24. The molecular formula is C7H6Cl2O2S2. The van der Waals surface area contributed by atoms with E-state index in [2.05, 4.69) is 0 Å². The van der Waals surface area contributed by atoms with Crippen LogP contribution in [0.1, 0.15) is 0 Å². The predicted molar refractivity (Wildman–Crippen MR) is 56.3 cm³/mol. The predicted octanol–water partition coefficient (Wildman–Crippen LogP) is 2.99. The van der Waals surface area contributed by atoms with Crippen molar-refractivity contribution in [3.63, 3.8) is 0 Å². The molecule has 1 aromatic rings. The van der Waals surface area contributed by atoms with Crippen LogP contribution in [0.5, 0.6) is 0 Å². The average Bonchev–Trinajstić information content (AvgIpc) is 2.02. The summed E-state index contributed by atoms with van der Waals surface area (Å²) in [5.41, 5.74) is 0. The van der Waals surface area contributed by atoms with Crippen LogP contribution in [-0.2, 0) is 9.05 Å². The average molecular weight is 257 g/mol. The van der Waals surface area contributed by atoms with Gasteiger partial charge in [-0.3, -0.25) is 0 Å². The van der Waals surface area contributed by atoms with Crippen molar-refractivity contribution in [2.45, 2.75) is 9.79 Å². The van der Waals surface area contributed by atoms with E-state index in [1.165, 1.54) is 23.9 Å². The Morgan fingerprint density at radius 2 is 2.00 bits per heavy atom. The lowest BCUT2D eigenvalue weighted by Gasteiger charge is -2.01. The van der Waals surface area contributed by atoms with Gasteiger partial charge in [0, 0.05) is 15.6 Å². The van der Waals surface area contributed by atoms with Gasteiger partial charge in [0.25, 0.3) is 9.05 Å². The lowest BCUT2D eigenvalue weighted by molar-refractivity contribution is 0.609. The highest BCUT2D eigenvalue weighted by atomic mass is 35.7. The molecule has 0 saturated heterocycles. The van der Waals surface area contributed by atoms with Crippen molar-refractivity contribution in [2.75, 3.05) is 6.26 Å². The minimum atomic E-state index is -3.67. The van der Waals surface area contributed by atoms with Crippen molar-refractivity contribution in [1.29, 1.82) is 0 Å². The number of benzene rings is 1. The Labute approximate surface area is 90.7 Å². The molecule has 0 heterocycles. The molecule has 6 heteroatoms. The zero-order chi connectivity index (χ0) is 10.1. The minimum absolute atomic E-state index is 0.0250. The first-order chi connectivity index (χ1) is 5.95. The summed E-state index contributed by atoms with van der Waals surface area (Å²) in [4.78, 5) is 0.850. The van der Waals surface area contributed by atoms with Crippen molar-refractivity contribution in [2.24, 2.45) is 0 Å². The van der Waals surface area contributed by atoms with Crippen LogP contribution in [0.25, 0.3) is 0 Å². The SMILES string of the molecule is CSc1ccc(S(=O)(=O)Cl)cc1Cl. The highest BCUT2D eigenvalue weighted by Crippen LogP contribution is 2.28. The number of thioether (sulfide) groups is 1. The normalized spacial score (nSPS) is 11.6. The Bertz CT molecular complexity index is 415. The third kappa shape index (κ3) is 2.77. The van der Waals surface area contributed by atoms with Gasteiger partial charge in [0.05, 0.1) is 9.92 Å². The molecule has 13 heavy (non-hydrogen) atoms. The second kappa shape index (κ2) is 4.09. The maximum absolute atomic E-state index is 10.9. The topological polar surface area (TPSA) is 34.1 Å². The van der Waals surface area contributed by atoms with E-state index >= 15 is 0 Å². The van der Waals surface area contributed by atoms with E-state index in [0.29, 0.717) is 5.02 Å². The van der Waals surface area contributed by atoms with Crippen molar-refractivity contribution in [1.82, 2.24) is 0 Å². The first-order valence-corrected chi connectivity index (χ1v) is 7.14. The first kappa shape index (κ1) is 11.2. The van der Waals surface area contributed by atoms with Crippen LogP contribution < -0.4 is 0 Å².